The van der Waals surface area contributed by atoms with E-state index in [1.54, 1.807) is 0 Å². The van der Waals surface area contributed by atoms with Gasteiger partial charge in [0.05, 0.1) is 0 Å². The summed E-state index contributed by atoms with van der Waals surface area (Å²) in [5.41, 5.74) is 4.86. The zero-order valence-electron chi connectivity index (χ0n) is 18.7. The number of hydrogen-bond acceptors (Lipinski definition) is 6. The number of nitrogens with zero attached hydrogens (tertiary/aromatic N) is 2. The van der Waals surface area contributed by atoms with Crippen LogP contribution in [0, 0.1) is 20.8 Å². The van der Waals surface area contributed by atoms with Crippen molar-refractivity contribution in [3.63, 3.8) is 0 Å². The van der Waals surface area contributed by atoms with Gasteiger partial charge in [-0.1, -0.05) is 60.2 Å². The van der Waals surface area contributed by atoms with Crippen molar-refractivity contribution in [2.45, 2.75) is 37.9 Å². The summed E-state index contributed by atoms with van der Waals surface area (Å²) in [5.74, 6) is 0.965. The summed E-state index contributed by atoms with van der Waals surface area (Å²) < 4.78 is 11.6. The van der Waals surface area contributed by atoms with Crippen molar-refractivity contribution in [1.29, 1.82) is 0 Å². The van der Waals surface area contributed by atoms with Crippen molar-refractivity contribution < 1.29 is 13.9 Å². The number of amides is 1. The zero-order valence-corrected chi connectivity index (χ0v) is 19.6. The lowest BCUT2D eigenvalue weighted by Gasteiger charge is -2.15. The van der Waals surface area contributed by atoms with Crippen LogP contribution in [0.2, 0.25) is 0 Å². The first-order valence-electron chi connectivity index (χ1n) is 10.6. The summed E-state index contributed by atoms with van der Waals surface area (Å²) in [4.78, 5) is 13.1. The molecule has 3 aromatic carbocycles. The quantitative estimate of drug-likeness (QED) is 0.323. The normalized spacial score (nSPS) is 11.7. The van der Waals surface area contributed by atoms with Gasteiger partial charge in [0.25, 0.3) is 11.1 Å². The molecule has 4 aromatic rings. The minimum atomic E-state index is -0.555. The van der Waals surface area contributed by atoms with Crippen molar-refractivity contribution in [1.82, 2.24) is 10.2 Å². The summed E-state index contributed by atoms with van der Waals surface area (Å²) in [6, 6.07) is 23.2. The number of thioether (sulfide) groups is 1. The Bertz CT molecular complexity index is 1220. The Morgan fingerprint density at radius 3 is 2.45 bits per heavy atom. The average Bonchev–Trinajstić information content (AvgIpc) is 3.27. The van der Waals surface area contributed by atoms with Crippen molar-refractivity contribution in [2.75, 3.05) is 5.32 Å². The first-order chi connectivity index (χ1) is 16.0. The van der Waals surface area contributed by atoms with Crippen LogP contribution < -0.4 is 10.1 Å². The highest BCUT2D eigenvalue weighted by Gasteiger charge is 2.25. The van der Waals surface area contributed by atoms with E-state index in [0.717, 1.165) is 33.7 Å². The molecular formula is C26H25N3O3S. The summed E-state index contributed by atoms with van der Waals surface area (Å²) in [6.45, 7) is 6.16. The first kappa shape index (κ1) is 22.6. The SMILES string of the molecule is Cc1ccc(NC(=O)C(Sc2nnc(COc3cc(C)ccc3C)o2)c2ccccc2)cc1. The van der Waals surface area contributed by atoms with Crippen LogP contribution >= 0.6 is 11.8 Å². The minimum absolute atomic E-state index is 0.156. The number of rotatable bonds is 8. The number of aromatic nitrogens is 2. The fraction of sp³-hybridized carbons (Fsp3) is 0.192. The van der Waals surface area contributed by atoms with Crippen molar-refractivity contribution in [3.05, 3.63) is 101 Å². The summed E-state index contributed by atoms with van der Waals surface area (Å²) in [7, 11) is 0. The van der Waals surface area contributed by atoms with Crippen LogP contribution in [0.5, 0.6) is 5.75 Å². The number of hydrogen-bond donors (Lipinski definition) is 1. The maximum Gasteiger partial charge on any atom is 0.277 e. The van der Waals surface area contributed by atoms with E-state index >= 15 is 0 Å². The summed E-state index contributed by atoms with van der Waals surface area (Å²) in [5, 5.41) is 10.9. The number of nitrogens with one attached hydrogen (secondary N) is 1. The molecule has 0 spiro atoms. The highest BCUT2D eigenvalue weighted by atomic mass is 32.2. The van der Waals surface area contributed by atoms with Crippen molar-refractivity contribution in [2.24, 2.45) is 0 Å². The standard InChI is InChI=1S/C26H25N3O3S/c1-17-10-13-21(14-11-17)27-25(30)24(20-7-5-4-6-8-20)33-26-29-28-23(32-26)16-31-22-15-18(2)9-12-19(22)3/h4-15,24H,16H2,1-3H3,(H,27,30). The Kier molecular flexibility index (Phi) is 7.10. The van der Waals surface area contributed by atoms with E-state index in [-0.39, 0.29) is 12.5 Å². The number of benzene rings is 3. The topological polar surface area (TPSA) is 77.2 Å². The van der Waals surface area contributed by atoms with Crippen LogP contribution in [0.15, 0.2) is 82.4 Å². The lowest BCUT2D eigenvalue weighted by atomic mass is 10.1. The van der Waals surface area contributed by atoms with Crippen molar-refractivity contribution in [3.8, 4) is 5.75 Å². The Morgan fingerprint density at radius 1 is 0.970 bits per heavy atom. The molecule has 0 bridgehead atoms. The van der Waals surface area contributed by atoms with Gasteiger partial charge >= 0.3 is 0 Å². The van der Waals surface area contributed by atoms with E-state index in [9.17, 15) is 4.79 Å². The molecule has 0 aliphatic rings. The molecule has 0 saturated carbocycles. The maximum atomic E-state index is 13.1. The molecule has 1 amide bonds. The van der Waals surface area contributed by atoms with Crippen LogP contribution in [-0.4, -0.2) is 16.1 Å². The molecule has 1 unspecified atom stereocenters. The van der Waals surface area contributed by atoms with E-state index in [0.29, 0.717) is 11.1 Å². The average molecular weight is 460 g/mol. The highest BCUT2D eigenvalue weighted by molar-refractivity contribution is 8.00. The third-order valence-corrected chi connectivity index (χ3v) is 6.11. The van der Waals surface area contributed by atoms with Gasteiger partial charge in [-0.3, -0.25) is 4.79 Å². The van der Waals surface area contributed by atoms with E-state index < -0.39 is 5.25 Å². The molecule has 1 aromatic heterocycles. The Morgan fingerprint density at radius 2 is 1.70 bits per heavy atom. The second-order valence-corrected chi connectivity index (χ2v) is 8.84. The molecule has 1 N–H and O–H groups in total. The molecule has 0 fully saturated rings. The van der Waals surface area contributed by atoms with Gasteiger partial charge < -0.3 is 14.5 Å². The van der Waals surface area contributed by atoms with Gasteiger partial charge in [0.15, 0.2) is 6.61 Å². The van der Waals surface area contributed by atoms with Gasteiger partial charge in [-0.05, 0) is 67.4 Å². The van der Waals surface area contributed by atoms with Crippen LogP contribution in [0.25, 0.3) is 0 Å². The second-order valence-electron chi connectivity index (χ2n) is 7.78. The number of anilines is 1. The van der Waals surface area contributed by atoms with Crippen LogP contribution in [0.3, 0.4) is 0 Å². The predicted octanol–water partition coefficient (Wildman–Crippen LogP) is 6.05. The minimum Gasteiger partial charge on any atom is -0.484 e. The first-order valence-corrected chi connectivity index (χ1v) is 11.5. The van der Waals surface area contributed by atoms with E-state index in [2.05, 4.69) is 15.5 Å². The van der Waals surface area contributed by atoms with Gasteiger partial charge in [-0.2, -0.15) is 0 Å². The van der Waals surface area contributed by atoms with Gasteiger partial charge in [0, 0.05) is 5.69 Å². The largest absolute Gasteiger partial charge is 0.484 e. The molecule has 6 nitrogen and oxygen atoms in total. The molecule has 0 aliphatic carbocycles. The number of carbonyl (C=O) groups is 1. The molecular weight excluding hydrogens is 434 g/mol. The van der Waals surface area contributed by atoms with Gasteiger partial charge in [-0.15, -0.1) is 10.2 Å². The molecule has 1 atom stereocenters. The smallest absolute Gasteiger partial charge is 0.277 e. The zero-order chi connectivity index (χ0) is 23.2. The van der Waals surface area contributed by atoms with Crippen molar-refractivity contribution >= 4 is 23.4 Å². The highest BCUT2D eigenvalue weighted by Crippen LogP contribution is 2.35. The molecule has 7 heteroatoms. The van der Waals surface area contributed by atoms with Crippen LogP contribution in [0.1, 0.15) is 33.4 Å². The lowest BCUT2D eigenvalue weighted by Crippen LogP contribution is -2.19. The Balaban J connectivity index is 1.47. The molecule has 4 rings (SSSR count). The number of ether oxygens (including phenoxy) is 1. The van der Waals surface area contributed by atoms with Crippen LogP contribution in [0.4, 0.5) is 5.69 Å². The Hall–Kier alpha value is -3.58. The number of aryl methyl sites for hydroxylation is 3. The maximum absolute atomic E-state index is 13.1. The molecule has 0 radical (unpaired) electrons. The Labute approximate surface area is 197 Å². The fourth-order valence-corrected chi connectivity index (χ4v) is 4.09. The summed E-state index contributed by atoms with van der Waals surface area (Å²) in [6.07, 6.45) is 0. The summed E-state index contributed by atoms with van der Waals surface area (Å²) >= 11 is 1.21. The predicted molar refractivity (Wildman–Crippen MR) is 129 cm³/mol. The van der Waals surface area contributed by atoms with Gasteiger partial charge in [0.2, 0.25) is 5.91 Å². The van der Waals surface area contributed by atoms with Gasteiger partial charge in [-0.25, -0.2) is 0 Å². The van der Waals surface area contributed by atoms with E-state index in [4.69, 9.17) is 9.15 Å². The fourth-order valence-electron chi connectivity index (χ4n) is 3.19. The van der Waals surface area contributed by atoms with E-state index in [1.165, 1.54) is 11.8 Å². The van der Waals surface area contributed by atoms with Crippen LogP contribution in [-0.2, 0) is 11.4 Å². The molecule has 0 saturated heterocycles. The third-order valence-electron chi connectivity index (χ3n) is 5.02. The molecule has 0 aliphatic heterocycles. The van der Waals surface area contributed by atoms with E-state index in [1.807, 2.05) is 93.6 Å². The third kappa shape index (κ3) is 6.02. The molecule has 1 heterocycles. The monoisotopic (exact) mass is 459 g/mol. The lowest BCUT2D eigenvalue weighted by molar-refractivity contribution is -0.115. The second kappa shape index (κ2) is 10.4. The number of carbonyl (C=O) groups excluding carboxylic acids is 1. The molecule has 168 valence electrons. The van der Waals surface area contributed by atoms with Gasteiger partial charge in [0.1, 0.15) is 11.0 Å². The molecule has 33 heavy (non-hydrogen) atoms.